The van der Waals surface area contributed by atoms with E-state index in [4.69, 9.17) is 4.89 Å². The van der Waals surface area contributed by atoms with Gasteiger partial charge in [0.2, 0.25) is 0 Å². The Kier molecular flexibility index (Phi) is 3.03. The molecule has 4 aliphatic rings. The molecule has 4 bridgehead atoms. The Morgan fingerprint density at radius 3 is 2.11 bits per heavy atom. The largest absolute Gasteiger partial charge is 0.390 e. The Hall–Kier alpha value is -0.160. The predicted octanol–water partition coefficient (Wildman–Crippen LogP) is 2.34. The SMILES string of the molecule is CCC(C)C(OO)C12CC3CC(O)(CC(O)(C3)C1)C2. The predicted molar refractivity (Wildman–Crippen MR) is 70.5 cm³/mol. The van der Waals surface area contributed by atoms with Crippen molar-refractivity contribution in [1.82, 2.24) is 0 Å². The Morgan fingerprint density at radius 1 is 1.11 bits per heavy atom. The first kappa shape index (κ1) is 13.8. The zero-order valence-electron chi connectivity index (χ0n) is 11.9. The van der Waals surface area contributed by atoms with Gasteiger partial charge in [-0.15, -0.1) is 0 Å². The maximum Gasteiger partial charge on any atom is 0.101 e. The van der Waals surface area contributed by atoms with Crippen molar-refractivity contribution in [2.24, 2.45) is 17.3 Å². The van der Waals surface area contributed by atoms with Crippen LogP contribution in [0.25, 0.3) is 0 Å². The van der Waals surface area contributed by atoms with Gasteiger partial charge in [0.15, 0.2) is 0 Å². The van der Waals surface area contributed by atoms with Crippen LogP contribution in [0.3, 0.4) is 0 Å². The minimum Gasteiger partial charge on any atom is -0.390 e. The summed E-state index contributed by atoms with van der Waals surface area (Å²) in [6, 6.07) is 0. The summed E-state index contributed by atoms with van der Waals surface area (Å²) in [5, 5.41) is 30.9. The Morgan fingerprint density at radius 2 is 1.68 bits per heavy atom. The molecule has 0 aromatic carbocycles. The fourth-order valence-corrected chi connectivity index (χ4v) is 5.76. The van der Waals surface area contributed by atoms with Crippen molar-refractivity contribution >= 4 is 0 Å². The lowest BCUT2D eigenvalue weighted by Crippen LogP contribution is -2.66. The molecule has 4 rings (SSSR count). The van der Waals surface area contributed by atoms with E-state index >= 15 is 0 Å². The molecule has 19 heavy (non-hydrogen) atoms. The van der Waals surface area contributed by atoms with E-state index in [2.05, 4.69) is 13.8 Å². The van der Waals surface area contributed by atoms with Crippen LogP contribution in [0.5, 0.6) is 0 Å². The highest BCUT2D eigenvalue weighted by Gasteiger charge is 2.65. The normalized spacial score (nSPS) is 51.3. The first-order valence-corrected chi connectivity index (χ1v) is 7.59. The van der Waals surface area contributed by atoms with Gasteiger partial charge in [0, 0.05) is 11.8 Å². The Balaban J connectivity index is 1.95. The summed E-state index contributed by atoms with van der Waals surface area (Å²) < 4.78 is 0. The molecule has 0 spiro atoms. The topological polar surface area (TPSA) is 69.9 Å². The molecule has 4 atom stereocenters. The van der Waals surface area contributed by atoms with Crippen molar-refractivity contribution in [3.05, 3.63) is 0 Å². The van der Waals surface area contributed by atoms with Crippen LogP contribution in [0.15, 0.2) is 0 Å². The van der Waals surface area contributed by atoms with Gasteiger partial charge in [0.05, 0.1) is 11.2 Å². The zero-order valence-corrected chi connectivity index (χ0v) is 11.9. The molecule has 4 nitrogen and oxygen atoms in total. The molecule has 4 heteroatoms. The van der Waals surface area contributed by atoms with Crippen LogP contribution in [0.4, 0.5) is 0 Å². The van der Waals surface area contributed by atoms with Gasteiger partial charge in [0.25, 0.3) is 0 Å². The third kappa shape index (κ3) is 2.04. The average Bonchev–Trinajstić information content (AvgIpc) is 2.24. The van der Waals surface area contributed by atoms with Crippen LogP contribution in [-0.4, -0.2) is 32.8 Å². The smallest absolute Gasteiger partial charge is 0.101 e. The average molecular weight is 270 g/mol. The molecule has 4 aliphatic carbocycles. The van der Waals surface area contributed by atoms with E-state index in [0.717, 1.165) is 25.7 Å². The molecule has 0 radical (unpaired) electrons. The van der Waals surface area contributed by atoms with E-state index < -0.39 is 11.2 Å². The standard InChI is InChI=1S/C15H26O4/c1-3-10(2)12(19-18)13-4-11-5-14(16,7-13)9-15(17,6-11)8-13/h10-12,16-18H,3-9H2,1-2H3. The summed E-state index contributed by atoms with van der Waals surface area (Å²) in [5.41, 5.74) is -1.76. The molecule has 4 unspecified atom stereocenters. The van der Waals surface area contributed by atoms with Crippen molar-refractivity contribution in [1.29, 1.82) is 0 Å². The van der Waals surface area contributed by atoms with Gasteiger partial charge in [-0.05, 0) is 43.9 Å². The molecule has 0 aliphatic heterocycles. The van der Waals surface area contributed by atoms with Crippen molar-refractivity contribution in [3.8, 4) is 0 Å². The molecule has 0 aromatic rings. The molecular formula is C15H26O4. The van der Waals surface area contributed by atoms with E-state index in [1.165, 1.54) is 0 Å². The summed E-state index contributed by atoms with van der Waals surface area (Å²) in [6.07, 6.45) is 5.03. The van der Waals surface area contributed by atoms with E-state index in [9.17, 15) is 15.5 Å². The van der Waals surface area contributed by atoms with Crippen molar-refractivity contribution in [2.45, 2.75) is 76.1 Å². The van der Waals surface area contributed by atoms with Gasteiger partial charge >= 0.3 is 0 Å². The second-order valence-corrected chi connectivity index (χ2v) is 7.73. The van der Waals surface area contributed by atoms with E-state index in [0.29, 0.717) is 25.2 Å². The van der Waals surface area contributed by atoms with E-state index in [1.54, 1.807) is 0 Å². The molecule has 4 fully saturated rings. The van der Waals surface area contributed by atoms with Gasteiger partial charge in [-0.1, -0.05) is 20.3 Å². The van der Waals surface area contributed by atoms with Crippen LogP contribution >= 0.6 is 0 Å². The van der Waals surface area contributed by atoms with Gasteiger partial charge in [-0.3, -0.25) is 5.26 Å². The number of hydrogen-bond acceptors (Lipinski definition) is 4. The minimum atomic E-state index is -0.752. The van der Waals surface area contributed by atoms with Gasteiger partial charge in [0.1, 0.15) is 6.10 Å². The molecular weight excluding hydrogens is 244 g/mol. The highest BCUT2D eigenvalue weighted by Crippen LogP contribution is 2.65. The van der Waals surface area contributed by atoms with Gasteiger partial charge in [-0.25, -0.2) is 4.89 Å². The Bertz CT molecular complexity index is 351. The maximum absolute atomic E-state index is 10.7. The number of rotatable bonds is 4. The highest BCUT2D eigenvalue weighted by molar-refractivity contribution is 5.16. The summed E-state index contributed by atoms with van der Waals surface area (Å²) >= 11 is 0. The number of aliphatic hydroxyl groups is 2. The fourth-order valence-electron chi connectivity index (χ4n) is 5.76. The zero-order chi connectivity index (χ0) is 13.9. The molecule has 3 N–H and O–H groups in total. The lowest BCUT2D eigenvalue weighted by Gasteiger charge is -2.65. The molecule has 0 saturated heterocycles. The fraction of sp³-hybridized carbons (Fsp3) is 1.00. The molecule has 0 heterocycles. The van der Waals surface area contributed by atoms with Crippen molar-refractivity contribution in [3.63, 3.8) is 0 Å². The molecule has 0 amide bonds. The summed E-state index contributed by atoms with van der Waals surface area (Å²) in [6.45, 7) is 4.16. The summed E-state index contributed by atoms with van der Waals surface area (Å²) in [7, 11) is 0. The lowest BCUT2D eigenvalue weighted by molar-refractivity contribution is -0.349. The second kappa shape index (κ2) is 4.17. The first-order valence-electron chi connectivity index (χ1n) is 7.59. The molecule has 110 valence electrons. The van der Waals surface area contributed by atoms with Crippen LogP contribution < -0.4 is 0 Å². The van der Waals surface area contributed by atoms with Crippen LogP contribution in [0.2, 0.25) is 0 Å². The van der Waals surface area contributed by atoms with E-state index in [1.807, 2.05) is 0 Å². The molecule has 0 aromatic heterocycles. The monoisotopic (exact) mass is 270 g/mol. The van der Waals surface area contributed by atoms with Crippen LogP contribution in [0, 0.1) is 17.3 Å². The second-order valence-electron chi connectivity index (χ2n) is 7.73. The highest BCUT2D eigenvalue weighted by atomic mass is 17.1. The lowest BCUT2D eigenvalue weighted by atomic mass is 9.44. The summed E-state index contributed by atoms with van der Waals surface area (Å²) in [4.78, 5) is 4.86. The molecule has 4 saturated carbocycles. The van der Waals surface area contributed by atoms with Gasteiger partial charge in [-0.2, -0.15) is 0 Å². The quantitative estimate of drug-likeness (QED) is 0.541. The van der Waals surface area contributed by atoms with Crippen LogP contribution in [0.1, 0.15) is 58.8 Å². The van der Waals surface area contributed by atoms with Crippen molar-refractivity contribution < 1.29 is 20.4 Å². The maximum atomic E-state index is 10.7. The van der Waals surface area contributed by atoms with E-state index in [-0.39, 0.29) is 17.4 Å². The summed E-state index contributed by atoms with van der Waals surface area (Å²) in [5.74, 6) is 0.599. The Labute approximate surface area is 114 Å². The van der Waals surface area contributed by atoms with Gasteiger partial charge < -0.3 is 10.2 Å². The third-order valence-corrected chi connectivity index (χ3v) is 5.93. The minimum absolute atomic E-state index is 0.230. The number of hydrogen-bond donors (Lipinski definition) is 3. The first-order chi connectivity index (χ1) is 8.84. The van der Waals surface area contributed by atoms with Crippen molar-refractivity contribution in [2.75, 3.05) is 0 Å². The van der Waals surface area contributed by atoms with Crippen LogP contribution in [-0.2, 0) is 4.89 Å². The third-order valence-electron chi connectivity index (χ3n) is 5.93.